The number of carbonyl (C=O) groups excluding carboxylic acids is 2. The lowest BCUT2D eigenvalue weighted by atomic mass is 9.98. The first-order valence-electron chi connectivity index (χ1n) is 4.78. The second kappa shape index (κ2) is 5.07. The number of hydrogen-bond donors (Lipinski definition) is 1. The van der Waals surface area contributed by atoms with Crippen LogP contribution in [0.2, 0.25) is 0 Å². The molecule has 0 atom stereocenters. The molecule has 80 valence electrons. The number of esters is 2. The van der Waals surface area contributed by atoms with Crippen LogP contribution in [-0.4, -0.2) is 37.1 Å². The summed E-state index contributed by atoms with van der Waals surface area (Å²) in [4.78, 5) is 21.9. The van der Waals surface area contributed by atoms with Crippen LogP contribution in [0.5, 0.6) is 0 Å². The minimum absolute atomic E-state index is 0.122. The van der Waals surface area contributed by atoms with Gasteiger partial charge in [0.2, 0.25) is 0 Å². The van der Waals surface area contributed by atoms with Gasteiger partial charge in [0.1, 0.15) is 0 Å². The van der Waals surface area contributed by atoms with E-state index in [1.807, 2.05) is 12.1 Å². The summed E-state index contributed by atoms with van der Waals surface area (Å²) >= 11 is 0. The van der Waals surface area contributed by atoms with E-state index < -0.39 is 5.97 Å². The lowest BCUT2D eigenvalue weighted by Crippen LogP contribution is -2.43. The second-order valence-corrected chi connectivity index (χ2v) is 3.40. The number of carbonyl (C=O) groups is 2. The van der Waals surface area contributed by atoms with E-state index in [9.17, 15) is 9.59 Å². The second-order valence-electron chi connectivity index (χ2n) is 3.40. The van der Waals surface area contributed by atoms with Crippen LogP contribution in [0.25, 0.3) is 0 Å². The number of rotatable bonds is 2. The Morgan fingerprint density at radius 2 is 1.93 bits per heavy atom. The topological polar surface area (TPSA) is 58.6 Å². The van der Waals surface area contributed by atoms with Crippen molar-refractivity contribution < 1.29 is 14.3 Å². The molecule has 1 heterocycles. The van der Waals surface area contributed by atoms with Gasteiger partial charge in [0, 0.05) is 20.0 Å². The van der Waals surface area contributed by atoms with Gasteiger partial charge in [-0.25, -0.2) is 5.01 Å². The molecule has 5 nitrogen and oxygen atoms in total. The average Bonchev–Trinajstić information content (AvgIpc) is 2.17. The van der Waals surface area contributed by atoms with Crippen molar-refractivity contribution in [3.63, 3.8) is 0 Å². The Labute approximate surface area is 83.4 Å². The molecule has 0 spiro atoms. The number of nitrogens with one attached hydrogen (secondary N) is 1. The molecule has 1 saturated heterocycles. The fourth-order valence-corrected chi connectivity index (χ4v) is 1.56. The summed E-state index contributed by atoms with van der Waals surface area (Å²) in [7, 11) is 1.86. The predicted octanol–water partition coefficient (Wildman–Crippen LogP) is -0.0775. The van der Waals surface area contributed by atoms with Crippen molar-refractivity contribution in [1.82, 2.24) is 10.4 Å². The van der Waals surface area contributed by atoms with Gasteiger partial charge in [-0.3, -0.25) is 15.0 Å². The minimum atomic E-state index is -0.522. The Bertz CT molecular complexity index is 222. The van der Waals surface area contributed by atoms with Crippen molar-refractivity contribution in [2.24, 2.45) is 5.92 Å². The van der Waals surface area contributed by atoms with E-state index in [2.05, 4.69) is 10.2 Å². The highest BCUT2D eigenvalue weighted by Crippen LogP contribution is 2.17. The molecular formula is C9H16N2O3. The molecule has 0 aromatic rings. The molecule has 0 bridgehead atoms. The van der Waals surface area contributed by atoms with Crippen molar-refractivity contribution in [3.8, 4) is 0 Å². The number of piperidine rings is 1. The van der Waals surface area contributed by atoms with Gasteiger partial charge in [-0.2, -0.15) is 0 Å². The summed E-state index contributed by atoms with van der Waals surface area (Å²) in [6.45, 7) is 2.88. The van der Waals surface area contributed by atoms with Crippen molar-refractivity contribution >= 4 is 11.9 Å². The number of hydrazine groups is 1. The van der Waals surface area contributed by atoms with E-state index in [0.717, 1.165) is 25.9 Å². The third-order valence-corrected chi connectivity index (χ3v) is 2.39. The largest absolute Gasteiger partial charge is 0.393 e. The van der Waals surface area contributed by atoms with Crippen molar-refractivity contribution in [2.75, 3.05) is 20.1 Å². The fraction of sp³-hybridized carbons (Fsp3) is 0.778. The van der Waals surface area contributed by atoms with E-state index in [1.165, 1.54) is 6.92 Å². The highest BCUT2D eigenvalue weighted by atomic mass is 16.6. The first kappa shape index (κ1) is 11.1. The molecule has 1 N–H and O–H groups in total. The first-order chi connectivity index (χ1) is 6.63. The standard InChI is InChI=1S/C9H16N2O3/c1-7(12)14-9(13)8-3-5-11(10-2)6-4-8/h8,10H,3-6H2,1-2H3. The zero-order chi connectivity index (χ0) is 10.6. The Kier molecular flexibility index (Phi) is 4.03. The number of hydrogen-bond acceptors (Lipinski definition) is 5. The summed E-state index contributed by atoms with van der Waals surface area (Å²) in [5.41, 5.74) is 3.02. The molecule has 5 heteroatoms. The third kappa shape index (κ3) is 3.08. The van der Waals surface area contributed by atoms with Gasteiger partial charge in [-0.05, 0) is 19.9 Å². The van der Waals surface area contributed by atoms with E-state index >= 15 is 0 Å². The Balaban J connectivity index is 2.34. The van der Waals surface area contributed by atoms with Crippen LogP contribution in [0.15, 0.2) is 0 Å². The van der Waals surface area contributed by atoms with Gasteiger partial charge in [-0.15, -0.1) is 0 Å². The lowest BCUT2D eigenvalue weighted by Gasteiger charge is -2.29. The molecule has 0 unspecified atom stereocenters. The Morgan fingerprint density at radius 1 is 1.36 bits per heavy atom. The maximum Gasteiger partial charge on any atom is 0.316 e. The van der Waals surface area contributed by atoms with Crippen molar-refractivity contribution in [2.45, 2.75) is 19.8 Å². The minimum Gasteiger partial charge on any atom is -0.393 e. The SMILES string of the molecule is CNN1CCC(C(=O)OC(C)=O)CC1. The summed E-state index contributed by atoms with van der Waals surface area (Å²) in [6.07, 6.45) is 1.49. The third-order valence-electron chi connectivity index (χ3n) is 2.39. The molecule has 1 aliphatic rings. The summed E-state index contributed by atoms with van der Waals surface area (Å²) in [6, 6.07) is 0. The van der Waals surface area contributed by atoms with Gasteiger partial charge in [-0.1, -0.05) is 0 Å². The molecule has 0 saturated carbocycles. The highest BCUT2D eigenvalue weighted by molar-refractivity contribution is 5.85. The zero-order valence-corrected chi connectivity index (χ0v) is 8.58. The summed E-state index contributed by atoms with van der Waals surface area (Å²) in [5.74, 6) is -1.03. The van der Waals surface area contributed by atoms with Crippen LogP contribution in [-0.2, 0) is 14.3 Å². The van der Waals surface area contributed by atoms with E-state index in [-0.39, 0.29) is 11.9 Å². The van der Waals surface area contributed by atoms with Gasteiger partial charge >= 0.3 is 11.9 Å². The van der Waals surface area contributed by atoms with E-state index in [4.69, 9.17) is 0 Å². The molecule has 1 aliphatic heterocycles. The van der Waals surface area contributed by atoms with Crippen molar-refractivity contribution in [1.29, 1.82) is 0 Å². The van der Waals surface area contributed by atoms with E-state index in [1.54, 1.807) is 0 Å². The van der Waals surface area contributed by atoms with Crippen molar-refractivity contribution in [3.05, 3.63) is 0 Å². The molecule has 1 fully saturated rings. The van der Waals surface area contributed by atoms with Crippen LogP contribution < -0.4 is 5.43 Å². The lowest BCUT2D eigenvalue weighted by molar-refractivity contribution is -0.162. The van der Waals surface area contributed by atoms with Crippen LogP contribution >= 0.6 is 0 Å². The summed E-state index contributed by atoms with van der Waals surface area (Å²) < 4.78 is 4.54. The fourth-order valence-electron chi connectivity index (χ4n) is 1.56. The Morgan fingerprint density at radius 3 is 2.36 bits per heavy atom. The molecule has 0 aromatic carbocycles. The molecule has 1 rings (SSSR count). The van der Waals surface area contributed by atoms with Crippen LogP contribution in [0.1, 0.15) is 19.8 Å². The van der Waals surface area contributed by atoms with Crippen LogP contribution in [0, 0.1) is 5.92 Å². The molecule has 0 aromatic heterocycles. The van der Waals surface area contributed by atoms with Gasteiger partial charge in [0.15, 0.2) is 0 Å². The van der Waals surface area contributed by atoms with Gasteiger partial charge in [0.25, 0.3) is 0 Å². The normalized spacial score (nSPS) is 19.3. The zero-order valence-electron chi connectivity index (χ0n) is 8.58. The Hall–Kier alpha value is -0.940. The maximum absolute atomic E-state index is 11.3. The monoisotopic (exact) mass is 200 g/mol. The number of nitrogens with zero attached hydrogens (tertiary/aromatic N) is 1. The average molecular weight is 200 g/mol. The molecule has 0 amide bonds. The highest BCUT2D eigenvalue weighted by Gasteiger charge is 2.26. The smallest absolute Gasteiger partial charge is 0.316 e. The molecule has 0 aliphatic carbocycles. The molecule has 14 heavy (non-hydrogen) atoms. The van der Waals surface area contributed by atoms with Gasteiger partial charge < -0.3 is 4.74 Å². The molecular weight excluding hydrogens is 184 g/mol. The number of ether oxygens (including phenoxy) is 1. The maximum atomic E-state index is 11.3. The summed E-state index contributed by atoms with van der Waals surface area (Å²) in [5, 5.41) is 2.04. The van der Waals surface area contributed by atoms with Gasteiger partial charge in [0.05, 0.1) is 5.92 Å². The first-order valence-corrected chi connectivity index (χ1v) is 4.78. The quantitative estimate of drug-likeness (QED) is 0.499. The van der Waals surface area contributed by atoms with Crippen LogP contribution in [0.3, 0.4) is 0 Å². The predicted molar refractivity (Wildman–Crippen MR) is 50.1 cm³/mol. The molecule has 0 radical (unpaired) electrons. The van der Waals surface area contributed by atoms with Crippen LogP contribution in [0.4, 0.5) is 0 Å². The van der Waals surface area contributed by atoms with E-state index in [0.29, 0.717) is 0 Å².